The molecule has 5 rings (SSSR count). The molecular formula is C18H14IN5O5S. The first-order valence-corrected chi connectivity index (χ1v) is 11.3. The van der Waals surface area contributed by atoms with Gasteiger partial charge >= 0.3 is 11.7 Å². The van der Waals surface area contributed by atoms with Crippen molar-refractivity contribution in [3.8, 4) is 0 Å². The van der Waals surface area contributed by atoms with Crippen LogP contribution in [-0.2, 0) is 9.47 Å². The molecule has 3 heterocycles. The molecule has 2 saturated heterocycles. The van der Waals surface area contributed by atoms with Crippen molar-refractivity contribution in [3.63, 3.8) is 0 Å². The minimum atomic E-state index is -1.44. The number of esters is 1. The van der Waals surface area contributed by atoms with Crippen molar-refractivity contribution in [2.24, 2.45) is 5.11 Å². The van der Waals surface area contributed by atoms with E-state index in [0.29, 0.717) is 12.0 Å². The molecule has 3 fully saturated rings. The molecule has 10 nitrogen and oxygen atoms in total. The van der Waals surface area contributed by atoms with Crippen molar-refractivity contribution in [3.05, 3.63) is 79.4 Å². The average Bonchev–Trinajstić information content (AvgIpc) is 3.05. The van der Waals surface area contributed by atoms with Crippen LogP contribution in [0.4, 0.5) is 0 Å². The van der Waals surface area contributed by atoms with Crippen LogP contribution in [0.2, 0.25) is 0 Å². The van der Waals surface area contributed by atoms with Gasteiger partial charge in [-0.3, -0.25) is 14.3 Å². The molecule has 2 aliphatic heterocycles. The van der Waals surface area contributed by atoms with E-state index in [9.17, 15) is 19.9 Å². The predicted molar refractivity (Wildman–Crippen MR) is 116 cm³/mol. The van der Waals surface area contributed by atoms with Crippen molar-refractivity contribution < 1.29 is 14.3 Å². The number of aromatic amines is 1. The third-order valence-corrected chi connectivity index (χ3v) is 9.22. The van der Waals surface area contributed by atoms with Gasteiger partial charge in [-0.15, -0.1) is 11.8 Å². The number of nitrogens with zero attached hydrogens (tertiary/aromatic N) is 4. The summed E-state index contributed by atoms with van der Waals surface area (Å²) in [6.07, 6.45) is 1.05. The number of thioether (sulfide) groups is 1. The molecule has 1 aromatic carbocycles. The molecule has 2 aromatic rings. The summed E-state index contributed by atoms with van der Waals surface area (Å²) in [6.45, 7) is 0. The van der Waals surface area contributed by atoms with Crippen LogP contribution in [0, 0.1) is 0 Å². The fourth-order valence-corrected chi connectivity index (χ4v) is 7.75. The monoisotopic (exact) mass is 539 g/mol. The summed E-state index contributed by atoms with van der Waals surface area (Å²) >= 11 is 3.58. The van der Waals surface area contributed by atoms with Gasteiger partial charge in [0.05, 0.1) is 9.49 Å². The number of ether oxygens (including phenoxy) is 2. The summed E-state index contributed by atoms with van der Waals surface area (Å²) < 4.78 is 12.2. The van der Waals surface area contributed by atoms with Gasteiger partial charge in [0.1, 0.15) is 4.75 Å². The minimum absolute atomic E-state index is 0.362. The van der Waals surface area contributed by atoms with Crippen molar-refractivity contribution in [1.29, 1.82) is 0 Å². The number of benzene rings is 1. The number of carbonyl (C=O) groups is 1. The van der Waals surface area contributed by atoms with Gasteiger partial charge in [-0.25, -0.2) is 9.59 Å². The Kier molecular flexibility index (Phi) is 4.33. The van der Waals surface area contributed by atoms with E-state index in [0.717, 1.165) is 5.75 Å². The average molecular weight is 539 g/mol. The zero-order valence-electron chi connectivity index (χ0n) is 15.2. The van der Waals surface area contributed by atoms with Gasteiger partial charge in [-0.05, 0) is 29.8 Å². The van der Waals surface area contributed by atoms with Crippen LogP contribution in [0.15, 0.2) is 57.3 Å². The SMILES string of the molecule is [N-]=[N+]=N[C@]12O[C@@H](n3ccc(=O)[nH]c3=O)[C@@]3(CCS3)[C@@]1(OC(=O)c1ccccc1)C2I. The molecule has 154 valence electrons. The Hall–Kier alpha value is -2.28. The van der Waals surface area contributed by atoms with Crippen LogP contribution >= 0.6 is 34.4 Å². The lowest BCUT2D eigenvalue weighted by Crippen LogP contribution is -2.56. The number of hydrogen-bond acceptors (Lipinski definition) is 7. The molecule has 0 bridgehead atoms. The number of H-pyrrole nitrogens is 1. The zero-order chi connectivity index (χ0) is 21.1. The summed E-state index contributed by atoms with van der Waals surface area (Å²) in [5.74, 6) is 0.204. The van der Waals surface area contributed by atoms with Crippen LogP contribution in [0.1, 0.15) is 23.0 Å². The highest BCUT2D eigenvalue weighted by atomic mass is 127. The number of fused-ring (bicyclic) bond motifs is 2. The molecular weight excluding hydrogens is 525 g/mol. The topological polar surface area (TPSA) is 139 Å². The lowest BCUT2D eigenvalue weighted by Gasteiger charge is -2.47. The van der Waals surface area contributed by atoms with Crippen LogP contribution in [-0.4, -0.2) is 41.3 Å². The number of azide groups is 1. The van der Waals surface area contributed by atoms with E-state index in [1.807, 2.05) is 0 Å². The molecule has 1 aromatic heterocycles. The molecule has 5 atom stereocenters. The molecule has 1 unspecified atom stereocenters. The van der Waals surface area contributed by atoms with Gasteiger partial charge < -0.3 is 9.47 Å². The number of rotatable bonds is 4. The quantitative estimate of drug-likeness (QED) is 0.158. The second-order valence-corrected chi connectivity index (χ2v) is 9.89. The standard InChI is InChI=1S/C18H14IN5O5S/c19-13-17(28-12(26)10-4-2-1-3-5-10)16(7-9-30-16)14(29-18(13,17)22-23-20)24-8-6-11(25)21-15(24)27/h1-6,8,13-14H,7,9H2,(H,21,25,27)/t13?,14-,16+,17+,18-/m1/s1. The summed E-state index contributed by atoms with van der Waals surface area (Å²) in [4.78, 5) is 42.1. The third kappa shape index (κ3) is 2.30. The van der Waals surface area contributed by atoms with E-state index >= 15 is 0 Å². The van der Waals surface area contributed by atoms with E-state index in [2.05, 4.69) is 37.6 Å². The van der Waals surface area contributed by atoms with E-state index < -0.39 is 43.4 Å². The zero-order valence-corrected chi connectivity index (χ0v) is 18.2. The molecule has 30 heavy (non-hydrogen) atoms. The Labute approximate surface area is 186 Å². The lowest BCUT2D eigenvalue weighted by atomic mass is 9.92. The lowest BCUT2D eigenvalue weighted by molar-refractivity contribution is -0.0461. The van der Waals surface area contributed by atoms with E-state index in [1.54, 1.807) is 30.3 Å². The van der Waals surface area contributed by atoms with Crippen LogP contribution in [0.3, 0.4) is 0 Å². The van der Waals surface area contributed by atoms with Crippen molar-refractivity contribution in [2.45, 2.75) is 32.6 Å². The Balaban J connectivity index is 1.63. The number of carbonyl (C=O) groups excluding carboxylic acids is 1. The number of nitrogens with one attached hydrogen (secondary N) is 1. The van der Waals surface area contributed by atoms with Gasteiger partial charge in [-0.2, -0.15) is 0 Å². The smallest absolute Gasteiger partial charge is 0.338 e. The van der Waals surface area contributed by atoms with E-state index in [4.69, 9.17) is 9.47 Å². The normalized spacial score (nSPS) is 35.8. The predicted octanol–water partition coefficient (Wildman–Crippen LogP) is 2.36. The van der Waals surface area contributed by atoms with Crippen LogP contribution in [0.25, 0.3) is 10.4 Å². The maximum Gasteiger partial charge on any atom is 0.338 e. The minimum Gasteiger partial charge on any atom is -0.449 e. The first-order chi connectivity index (χ1) is 14.4. The second-order valence-electron chi connectivity index (χ2n) is 7.22. The maximum atomic E-state index is 13.0. The summed E-state index contributed by atoms with van der Waals surface area (Å²) in [5.41, 5.74) is 5.72. The molecule has 1 aliphatic carbocycles. The highest BCUT2D eigenvalue weighted by Gasteiger charge is 2.96. The van der Waals surface area contributed by atoms with Gasteiger partial charge in [0.25, 0.3) is 5.56 Å². The summed E-state index contributed by atoms with van der Waals surface area (Å²) in [5, 5.41) is 3.90. The highest BCUT2D eigenvalue weighted by Crippen LogP contribution is 2.79. The third-order valence-electron chi connectivity index (χ3n) is 5.86. The largest absolute Gasteiger partial charge is 0.449 e. The van der Waals surface area contributed by atoms with Crippen LogP contribution in [0.5, 0.6) is 0 Å². The molecule has 3 aliphatic rings. The fourth-order valence-electron chi connectivity index (χ4n) is 4.39. The fraction of sp³-hybridized carbons (Fsp3) is 0.389. The maximum absolute atomic E-state index is 13.0. The van der Waals surface area contributed by atoms with E-state index in [1.165, 1.54) is 28.6 Å². The number of aromatic nitrogens is 2. The highest BCUT2D eigenvalue weighted by molar-refractivity contribution is 14.1. The molecule has 12 heteroatoms. The number of halogens is 1. The van der Waals surface area contributed by atoms with Crippen molar-refractivity contribution >= 4 is 40.3 Å². The number of hydrogen-bond donors (Lipinski definition) is 1. The van der Waals surface area contributed by atoms with Crippen LogP contribution < -0.4 is 11.2 Å². The van der Waals surface area contributed by atoms with Gasteiger partial charge in [0.15, 0.2) is 11.8 Å². The van der Waals surface area contributed by atoms with Crippen molar-refractivity contribution in [2.75, 3.05) is 5.75 Å². The molecule has 0 amide bonds. The molecule has 1 saturated carbocycles. The first-order valence-electron chi connectivity index (χ1n) is 9.04. The Morgan fingerprint density at radius 1 is 1.37 bits per heavy atom. The van der Waals surface area contributed by atoms with Gasteiger partial charge in [-0.1, -0.05) is 45.9 Å². The van der Waals surface area contributed by atoms with E-state index in [-0.39, 0.29) is 0 Å². The first kappa shape index (κ1) is 19.7. The Bertz CT molecular complexity index is 1210. The van der Waals surface area contributed by atoms with Gasteiger partial charge in [0, 0.05) is 17.2 Å². The molecule has 1 spiro atoms. The second kappa shape index (κ2) is 6.61. The molecule has 1 N–H and O–H groups in total. The Morgan fingerprint density at radius 3 is 2.70 bits per heavy atom. The summed E-state index contributed by atoms with van der Waals surface area (Å²) in [7, 11) is 0. The number of alkyl halides is 1. The molecule has 0 radical (unpaired) electrons. The Morgan fingerprint density at radius 2 is 2.10 bits per heavy atom. The van der Waals surface area contributed by atoms with Gasteiger partial charge in [0.2, 0.25) is 5.72 Å². The summed E-state index contributed by atoms with van der Waals surface area (Å²) in [6, 6.07) is 9.74. The van der Waals surface area contributed by atoms with Crippen molar-refractivity contribution in [1.82, 2.24) is 9.55 Å².